The molecule has 0 aromatic rings. The van der Waals surface area contributed by atoms with Gasteiger partial charge in [0, 0.05) is 5.57 Å². The highest BCUT2D eigenvalue weighted by molar-refractivity contribution is 5.86. The molecule has 0 N–H and O–H groups in total. The highest BCUT2D eigenvalue weighted by Gasteiger charge is 2.11. The van der Waals surface area contributed by atoms with Crippen molar-refractivity contribution >= 4 is 12.0 Å². The molecule has 0 spiro atoms. The molecule has 1 atom stereocenters. The summed E-state index contributed by atoms with van der Waals surface area (Å²) in [6, 6.07) is -0.271. The third-order valence-corrected chi connectivity index (χ3v) is 2.88. The molecule has 19 heavy (non-hydrogen) atoms. The van der Waals surface area contributed by atoms with E-state index in [1.807, 2.05) is 0 Å². The summed E-state index contributed by atoms with van der Waals surface area (Å²) in [5.74, 6) is -0.436. The molecule has 0 amide bonds. The lowest BCUT2D eigenvalue weighted by Crippen LogP contribution is -2.17. The fourth-order valence-corrected chi connectivity index (χ4v) is 1.72. The van der Waals surface area contributed by atoms with E-state index in [0.29, 0.717) is 5.57 Å². The summed E-state index contributed by atoms with van der Waals surface area (Å²) >= 11 is 0. The Hall–Kier alpha value is -1.41. The predicted octanol–water partition coefficient (Wildman–Crippen LogP) is 3.56. The molecule has 0 saturated carbocycles. The van der Waals surface area contributed by atoms with Crippen molar-refractivity contribution in [3.05, 3.63) is 12.2 Å². The number of nitrogens with zero attached hydrogens (tertiary/aromatic N) is 1. The molecule has 1 unspecified atom stereocenters. The number of esters is 1. The first-order valence-corrected chi connectivity index (χ1v) is 7.01. The summed E-state index contributed by atoms with van der Waals surface area (Å²) in [6.07, 6.45) is 9.37. The van der Waals surface area contributed by atoms with Crippen LogP contribution >= 0.6 is 0 Å². The number of ether oxygens (including phenoxy) is 1. The fourth-order valence-electron chi connectivity index (χ4n) is 1.72. The molecule has 4 nitrogen and oxygen atoms in total. The van der Waals surface area contributed by atoms with E-state index < -0.39 is 5.97 Å². The van der Waals surface area contributed by atoms with E-state index in [2.05, 4.69) is 18.5 Å². The summed E-state index contributed by atoms with van der Waals surface area (Å²) in [6.45, 7) is 7.41. The average Bonchev–Trinajstić information content (AvgIpc) is 2.39. The third-order valence-electron chi connectivity index (χ3n) is 2.88. The Balaban J connectivity index is 3.83. The van der Waals surface area contributed by atoms with Crippen LogP contribution in [0.3, 0.4) is 0 Å². The lowest BCUT2D eigenvalue weighted by molar-refractivity contribution is -0.139. The molecule has 0 aromatic heterocycles. The van der Waals surface area contributed by atoms with Gasteiger partial charge in [-0.15, -0.1) is 0 Å². The van der Waals surface area contributed by atoms with Gasteiger partial charge >= 0.3 is 5.97 Å². The van der Waals surface area contributed by atoms with Crippen LogP contribution in [0, 0.1) is 0 Å². The summed E-state index contributed by atoms with van der Waals surface area (Å²) in [4.78, 5) is 25.2. The molecular weight excluding hydrogens is 242 g/mol. The normalized spacial score (nSPS) is 11.5. The summed E-state index contributed by atoms with van der Waals surface area (Å²) < 4.78 is 5.00. The quantitative estimate of drug-likeness (QED) is 0.189. The maximum absolute atomic E-state index is 11.2. The molecule has 0 fully saturated rings. The van der Waals surface area contributed by atoms with Crippen LogP contribution in [0.25, 0.3) is 0 Å². The van der Waals surface area contributed by atoms with E-state index in [1.54, 1.807) is 13.0 Å². The smallest absolute Gasteiger partial charge is 0.333 e. The average molecular weight is 267 g/mol. The SMILES string of the molecule is C=C(C)C(=O)OCC(CCCCCCCC)N=C=O. The Kier molecular flexibility index (Phi) is 10.8. The van der Waals surface area contributed by atoms with Crippen LogP contribution in [0.4, 0.5) is 0 Å². The number of carbonyl (C=O) groups is 1. The predicted molar refractivity (Wildman–Crippen MR) is 75.7 cm³/mol. The summed E-state index contributed by atoms with van der Waals surface area (Å²) in [5, 5.41) is 0. The Morgan fingerprint density at radius 1 is 1.26 bits per heavy atom. The van der Waals surface area contributed by atoms with Gasteiger partial charge in [0.05, 0.1) is 6.04 Å². The highest BCUT2D eigenvalue weighted by atomic mass is 16.5. The van der Waals surface area contributed by atoms with Gasteiger partial charge in [0.1, 0.15) is 6.61 Å². The van der Waals surface area contributed by atoms with Gasteiger partial charge in [0.2, 0.25) is 6.08 Å². The Labute approximate surface area is 115 Å². The van der Waals surface area contributed by atoms with E-state index in [0.717, 1.165) is 19.3 Å². The number of isocyanates is 1. The molecule has 0 aliphatic rings. The summed E-state index contributed by atoms with van der Waals surface area (Å²) in [7, 11) is 0. The minimum Gasteiger partial charge on any atom is -0.460 e. The van der Waals surface area contributed by atoms with Gasteiger partial charge in [0.15, 0.2) is 0 Å². The first-order chi connectivity index (χ1) is 9.11. The van der Waals surface area contributed by atoms with E-state index in [1.165, 1.54) is 25.7 Å². The molecular formula is C15H25NO3. The lowest BCUT2D eigenvalue weighted by Gasteiger charge is -2.11. The van der Waals surface area contributed by atoms with Gasteiger partial charge in [-0.25, -0.2) is 9.59 Å². The number of hydrogen-bond donors (Lipinski definition) is 0. The van der Waals surface area contributed by atoms with Crippen molar-refractivity contribution in [2.75, 3.05) is 6.61 Å². The van der Waals surface area contributed by atoms with Crippen LogP contribution in [0.2, 0.25) is 0 Å². The number of hydrogen-bond acceptors (Lipinski definition) is 4. The van der Waals surface area contributed by atoms with Gasteiger partial charge in [-0.2, -0.15) is 4.99 Å². The molecule has 0 radical (unpaired) electrons. The van der Waals surface area contributed by atoms with E-state index in [4.69, 9.17) is 4.74 Å². The monoisotopic (exact) mass is 267 g/mol. The second-order valence-electron chi connectivity index (χ2n) is 4.81. The number of unbranched alkanes of at least 4 members (excludes halogenated alkanes) is 5. The fraction of sp³-hybridized carbons (Fsp3) is 0.733. The third kappa shape index (κ3) is 10.2. The molecule has 0 aliphatic heterocycles. The molecule has 0 aliphatic carbocycles. The van der Waals surface area contributed by atoms with Crippen molar-refractivity contribution in [2.45, 2.75) is 64.8 Å². The maximum Gasteiger partial charge on any atom is 0.333 e. The van der Waals surface area contributed by atoms with Crippen molar-refractivity contribution in [3.8, 4) is 0 Å². The highest BCUT2D eigenvalue weighted by Crippen LogP contribution is 2.11. The van der Waals surface area contributed by atoms with Crippen LogP contribution in [-0.2, 0) is 14.3 Å². The largest absolute Gasteiger partial charge is 0.460 e. The van der Waals surface area contributed by atoms with Crippen molar-refractivity contribution in [3.63, 3.8) is 0 Å². The van der Waals surface area contributed by atoms with Crippen molar-refractivity contribution in [1.82, 2.24) is 0 Å². The topological polar surface area (TPSA) is 55.7 Å². The van der Waals surface area contributed by atoms with Crippen LogP contribution in [0.1, 0.15) is 58.8 Å². The van der Waals surface area contributed by atoms with Crippen molar-refractivity contribution in [1.29, 1.82) is 0 Å². The zero-order valence-corrected chi connectivity index (χ0v) is 12.1. The van der Waals surface area contributed by atoms with Gasteiger partial charge in [0.25, 0.3) is 0 Å². The number of aliphatic imine (C=N–C) groups is 1. The zero-order valence-electron chi connectivity index (χ0n) is 12.1. The molecule has 0 heterocycles. The second kappa shape index (κ2) is 11.7. The van der Waals surface area contributed by atoms with E-state index in [9.17, 15) is 9.59 Å². The second-order valence-corrected chi connectivity index (χ2v) is 4.81. The lowest BCUT2D eigenvalue weighted by atomic mass is 10.1. The molecule has 108 valence electrons. The van der Waals surface area contributed by atoms with Crippen LogP contribution in [-0.4, -0.2) is 24.7 Å². The molecule has 4 heteroatoms. The van der Waals surface area contributed by atoms with Crippen LogP contribution in [0.15, 0.2) is 17.1 Å². The Bertz CT molecular complexity index is 319. The van der Waals surface area contributed by atoms with Crippen LogP contribution < -0.4 is 0 Å². The minimum absolute atomic E-state index is 0.135. The maximum atomic E-state index is 11.2. The van der Waals surface area contributed by atoms with Gasteiger partial charge in [-0.3, -0.25) is 0 Å². The molecule has 0 rings (SSSR count). The van der Waals surface area contributed by atoms with Gasteiger partial charge in [-0.05, 0) is 13.3 Å². The minimum atomic E-state index is -0.436. The summed E-state index contributed by atoms with van der Waals surface area (Å²) in [5.41, 5.74) is 0.355. The molecule has 0 saturated heterocycles. The Morgan fingerprint density at radius 3 is 2.47 bits per heavy atom. The number of rotatable bonds is 11. The molecule has 0 bridgehead atoms. The molecule has 0 aromatic carbocycles. The first-order valence-electron chi connectivity index (χ1n) is 7.01. The van der Waals surface area contributed by atoms with Gasteiger partial charge in [-0.1, -0.05) is 52.0 Å². The Morgan fingerprint density at radius 2 is 1.89 bits per heavy atom. The first kappa shape index (κ1) is 17.6. The number of carbonyl (C=O) groups excluding carboxylic acids is 2. The van der Waals surface area contributed by atoms with Gasteiger partial charge < -0.3 is 4.74 Å². The van der Waals surface area contributed by atoms with E-state index >= 15 is 0 Å². The van der Waals surface area contributed by atoms with E-state index in [-0.39, 0.29) is 12.6 Å². The standard InChI is InChI=1S/C15H25NO3/c1-4-5-6-7-8-9-10-14(16-12-17)11-19-15(18)13(2)3/h14H,2,4-11H2,1,3H3. The zero-order chi connectivity index (χ0) is 14.5. The van der Waals surface area contributed by atoms with Crippen LogP contribution in [0.5, 0.6) is 0 Å². The van der Waals surface area contributed by atoms with Crippen molar-refractivity contribution < 1.29 is 14.3 Å². The van der Waals surface area contributed by atoms with Crippen molar-refractivity contribution in [2.24, 2.45) is 4.99 Å².